The molecule has 0 aliphatic rings. The Morgan fingerprint density at radius 3 is 2.73 bits per heavy atom. The van der Waals surface area contributed by atoms with Gasteiger partial charge < -0.3 is 14.6 Å². The molecule has 0 aliphatic heterocycles. The SMILES string of the molecule is COc1cc(C(=O)/C=C/c2ccc(OCc3cscn3)cc2)ccc1O. The number of ether oxygens (including phenoxy) is 2. The van der Waals surface area contributed by atoms with E-state index in [-0.39, 0.29) is 17.3 Å². The number of aromatic hydroxyl groups is 1. The maximum absolute atomic E-state index is 12.2. The summed E-state index contributed by atoms with van der Waals surface area (Å²) in [6.07, 6.45) is 3.21. The molecule has 0 saturated carbocycles. The molecule has 0 bridgehead atoms. The molecule has 5 nitrogen and oxygen atoms in total. The number of aromatic nitrogens is 1. The number of methoxy groups -OCH3 is 1. The molecule has 1 aromatic heterocycles. The fourth-order valence-electron chi connectivity index (χ4n) is 2.24. The quantitative estimate of drug-likeness (QED) is 0.497. The van der Waals surface area contributed by atoms with Crippen molar-refractivity contribution in [1.29, 1.82) is 0 Å². The normalized spacial score (nSPS) is 10.8. The predicted molar refractivity (Wildman–Crippen MR) is 101 cm³/mol. The summed E-state index contributed by atoms with van der Waals surface area (Å²) in [5, 5.41) is 11.5. The number of nitrogens with zero attached hydrogens (tertiary/aromatic N) is 1. The van der Waals surface area contributed by atoms with Gasteiger partial charge in [-0.05, 0) is 42.0 Å². The summed E-state index contributed by atoms with van der Waals surface area (Å²) in [4.78, 5) is 16.4. The Morgan fingerprint density at radius 2 is 2.04 bits per heavy atom. The molecule has 0 radical (unpaired) electrons. The lowest BCUT2D eigenvalue weighted by Crippen LogP contribution is -1.96. The summed E-state index contributed by atoms with van der Waals surface area (Å²) < 4.78 is 10.7. The molecule has 2 aromatic carbocycles. The van der Waals surface area contributed by atoms with E-state index in [1.807, 2.05) is 29.6 Å². The van der Waals surface area contributed by atoms with Gasteiger partial charge in [0.25, 0.3) is 0 Å². The molecule has 3 rings (SSSR count). The summed E-state index contributed by atoms with van der Waals surface area (Å²) in [5.74, 6) is 0.837. The number of thiazole rings is 1. The summed E-state index contributed by atoms with van der Waals surface area (Å²) >= 11 is 1.53. The molecule has 3 aromatic rings. The first kappa shape index (κ1) is 17.7. The van der Waals surface area contributed by atoms with Crippen LogP contribution in [0.2, 0.25) is 0 Å². The minimum absolute atomic E-state index is 0.00118. The lowest BCUT2D eigenvalue weighted by molar-refractivity contribution is 0.104. The van der Waals surface area contributed by atoms with Gasteiger partial charge in [0.15, 0.2) is 17.3 Å². The van der Waals surface area contributed by atoms with Crippen molar-refractivity contribution in [3.05, 3.63) is 76.3 Å². The number of benzene rings is 2. The number of carbonyl (C=O) groups excluding carboxylic acids is 1. The van der Waals surface area contributed by atoms with Crippen LogP contribution in [0.15, 0.2) is 59.4 Å². The fraction of sp³-hybridized carbons (Fsp3) is 0.100. The zero-order valence-electron chi connectivity index (χ0n) is 14.1. The molecule has 26 heavy (non-hydrogen) atoms. The highest BCUT2D eigenvalue weighted by Crippen LogP contribution is 2.26. The van der Waals surface area contributed by atoms with Crippen LogP contribution >= 0.6 is 11.3 Å². The lowest BCUT2D eigenvalue weighted by atomic mass is 10.1. The van der Waals surface area contributed by atoms with Crippen molar-refractivity contribution in [2.24, 2.45) is 0 Å². The standard InChI is InChI=1S/C20H17NO4S/c1-24-20-10-15(5-9-19(20)23)18(22)8-4-14-2-6-17(7-3-14)25-11-16-12-26-13-21-16/h2-10,12-13,23H,11H2,1H3/b8-4+. The van der Waals surface area contributed by atoms with Crippen molar-refractivity contribution in [2.75, 3.05) is 7.11 Å². The third kappa shape index (κ3) is 4.49. The van der Waals surface area contributed by atoms with E-state index in [9.17, 15) is 9.90 Å². The van der Waals surface area contributed by atoms with Gasteiger partial charge in [-0.15, -0.1) is 11.3 Å². The third-order valence-corrected chi connectivity index (χ3v) is 4.28. The topological polar surface area (TPSA) is 68.7 Å². The van der Waals surface area contributed by atoms with Gasteiger partial charge in [-0.1, -0.05) is 18.2 Å². The molecule has 0 unspecified atom stereocenters. The molecular weight excluding hydrogens is 350 g/mol. The predicted octanol–water partition coefficient (Wildman–Crippen LogP) is 4.33. The van der Waals surface area contributed by atoms with E-state index in [1.54, 1.807) is 17.7 Å². The van der Waals surface area contributed by atoms with Crippen LogP contribution in [0.25, 0.3) is 6.08 Å². The second-order valence-corrected chi connectivity index (χ2v) is 6.14. The average Bonchev–Trinajstić information content (AvgIpc) is 3.19. The second-order valence-electron chi connectivity index (χ2n) is 5.42. The van der Waals surface area contributed by atoms with Gasteiger partial charge in [0.2, 0.25) is 0 Å². The van der Waals surface area contributed by atoms with E-state index < -0.39 is 0 Å². The van der Waals surface area contributed by atoms with E-state index >= 15 is 0 Å². The van der Waals surface area contributed by atoms with Gasteiger partial charge in [0.05, 0.1) is 18.3 Å². The van der Waals surface area contributed by atoms with Crippen molar-refractivity contribution in [3.8, 4) is 17.2 Å². The number of phenols is 1. The Bertz CT molecular complexity index is 902. The molecule has 0 fully saturated rings. The van der Waals surface area contributed by atoms with Crippen LogP contribution in [0.5, 0.6) is 17.2 Å². The summed E-state index contributed by atoms with van der Waals surface area (Å²) in [6.45, 7) is 0.430. The highest BCUT2D eigenvalue weighted by molar-refractivity contribution is 7.07. The Balaban J connectivity index is 1.61. The molecule has 0 atom stereocenters. The van der Waals surface area contributed by atoms with Crippen LogP contribution in [0, 0.1) is 0 Å². The second kappa shape index (κ2) is 8.31. The number of ketones is 1. The highest BCUT2D eigenvalue weighted by Gasteiger charge is 2.07. The summed E-state index contributed by atoms with van der Waals surface area (Å²) in [5.41, 5.74) is 3.99. The Hall–Kier alpha value is -3.12. The molecule has 0 aliphatic carbocycles. The molecule has 132 valence electrons. The highest BCUT2D eigenvalue weighted by atomic mass is 32.1. The van der Waals surface area contributed by atoms with Gasteiger partial charge in [0, 0.05) is 10.9 Å². The Labute approximate surface area is 155 Å². The number of allylic oxidation sites excluding steroid dienone is 1. The molecule has 0 amide bonds. The van der Waals surface area contributed by atoms with Crippen molar-refractivity contribution < 1.29 is 19.4 Å². The first-order valence-electron chi connectivity index (χ1n) is 7.85. The van der Waals surface area contributed by atoms with Crippen LogP contribution in [-0.2, 0) is 6.61 Å². The largest absolute Gasteiger partial charge is 0.504 e. The zero-order chi connectivity index (χ0) is 18.4. The van der Waals surface area contributed by atoms with E-state index in [4.69, 9.17) is 9.47 Å². The fourth-order valence-corrected chi connectivity index (χ4v) is 2.78. The number of carbonyl (C=O) groups is 1. The van der Waals surface area contributed by atoms with Crippen molar-refractivity contribution in [3.63, 3.8) is 0 Å². The Morgan fingerprint density at radius 1 is 1.23 bits per heavy atom. The van der Waals surface area contributed by atoms with Gasteiger partial charge >= 0.3 is 0 Å². The number of rotatable bonds is 7. The third-order valence-electron chi connectivity index (χ3n) is 3.64. The maximum atomic E-state index is 12.2. The van der Waals surface area contributed by atoms with Crippen molar-refractivity contribution in [1.82, 2.24) is 4.98 Å². The average molecular weight is 367 g/mol. The van der Waals surface area contributed by atoms with Crippen LogP contribution in [0.1, 0.15) is 21.6 Å². The van der Waals surface area contributed by atoms with Crippen molar-refractivity contribution >= 4 is 23.2 Å². The molecule has 0 spiro atoms. The summed E-state index contributed by atoms with van der Waals surface area (Å²) in [7, 11) is 1.44. The monoisotopic (exact) mass is 367 g/mol. The van der Waals surface area contributed by atoms with E-state index in [2.05, 4.69) is 4.98 Å². The van der Waals surface area contributed by atoms with Crippen LogP contribution in [0.3, 0.4) is 0 Å². The van der Waals surface area contributed by atoms with Crippen LogP contribution in [-0.4, -0.2) is 23.0 Å². The zero-order valence-corrected chi connectivity index (χ0v) is 14.9. The molecule has 1 heterocycles. The van der Waals surface area contributed by atoms with Crippen molar-refractivity contribution in [2.45, 2.75) is 6.61 Å². The van der Waals surface area contributed by atoms with E-state index in [0.717, 1.165) is 17.0 Å². The van der Waals surface area contributed by atoms with E-state index in [1.165, 1.54) is 36.7 Å². The maximum Gasteiger partial charge on any atom is 0.185 e. The van der Waals surface area contributed by atoms with Gasteiger partial charge in [-0.2, -0.15) is 0 Å². The minimum Gasteiger partial charge on any atom is -0.504 e. The molecule has 1 N–H and O–H groups in total. The van der Waals surface area contributed by atoms with E-state index in [0.29, 0.717) is 12.2 Å². The van der Waals surface area contributed by atoms with Gasteiger partial charge in [-0.3, -0.25) is 4.79 Å². The Kier molecular flexibility index (Phi) is 5.66. The first-order chi connectivity index (χ1) is 12.7. The molecular formula is C20H17NO4S. The van der Waals surface area contributed by atoms with Gasteiger partial charge in [0.1, 0.15) is 12.4 Å². The minimum atomic E-state index is -0.174. The molecule has 6 heteroatoms. The summed E-state index contributed by atoms with van der Waals surface area (Å²) in [6, 6.07) is 11.9. The smallest absolute Gasteiger partial charge is 0.185 e. The number of phenolic OH excluding ortho intramolecular Hbond substituents is 1. The van der Waals surface area contributed by atoms with Crippen LogP contribution in [0.4, 0.5) is 0 Å². The van der Waals surface area contributed by atoms with Gasteiger partial charge in [-0.25, -0.2) is 4.98 Å². The first-order valence-corrected chi connectivity index (χ1v) is 8.79. The van der Waals surface area contributed by atoms with Crippen LogP contribution < -0.4 is 9.47 Å². The number of hydrogen-bond acceptors (Lipinski definition) is 6. The molecule has 0 saturated heterocycles. The lowest BCUT2D eigenvalue weighted by Gasteiger charge is -2.05. The number of hydrogen-bond donors (Lipinski definition) is 1.